The molecule has 1 amide bonds. The fourth-order valence-corrected chi connectivity index (χ4v) is 4.68. The molecule has 1 aromatic heterocycles. The Morgan fingerprint density at radius 1 is 1.06 bits per heavy atom. The zero-order valence-electron chi connectivity index (χ0n) is 19.7. The van der Waals surface area contributed by atoms with E-state index in [2.05, 4.69) is 23.8 Å². The van der Waals surface area contributed by atoms with Crippen molar-refractivity contribution in [1.29, 1.82) is 0 Å². The van der Waals surface area contributed by atoms with Crippen LogP contribution in [0.15, 0.2) is 54.6 Å². The molecule has 2 heterocycles. The summed E-state index contributed by atoms with van der Waals surface area (Å²) in [6.45, 7) is 7.37. The first kappa shape index (κ1) is 25.3. The van der Waals surface area contributed by atoms with Gasteiger partial charge in [-0.15, -0.1) is 0 Å². The normalized spacial score (nSPS) is 15.9. The Kier molecular flexibility index (Phi) is 7.52. The maximum Gasteiger partial charge on any atom is 0.435 e. The van der Waals surface area contributed by atoms with Crippen molar-refractivity contribution in [3.63, 3.8) is 0 Å². The molecule has 0 bridgehead atoms. The summed E-state index contributed by atoms with van der Waals surface area (Å²) < 4.78 is 41.5. The minimum absolute atomic E-state index is 0.0741. The molecule has 0 N–H and O–H groups in total. The smallest absolute Gasteiger partial charge is 0.336 e. The summed E-state index contributed by atoms with van der Waals surface area (Å²) in [5, 5.41) is 4.06. The highest BCUT2D eigenvalue weighted by molar-refractivity contribution is 6.32. The number of alkyl halides is 3. The molecule has 3 aromatic rings. The first-order valence-electron chi connectivity index (χ1n) is 11.7. The van der Waals surface area contributed by atoms with Crippen molar-refractivity contribution in [3.8, 4) is 16.9 Å². The van der Waals surface area contributed by atoms with Gasteiger partial charge in [0.15, 0.2) is 5.69 Å². The minimum Gasteiger partial charge on any atom is -0.336 e. The SMILES string of the molecule is CCCC(C)N1CCN(C(=O)c2ccc(-c3cc(C(F)(F)F)nn3-c3ccccc3Cl)cc2)CC1. The third kappa shape index (κ3) is 5.54. The standard InChI is InChI=1S/C26H28ClF3N4O/c1-3-6-18(2)32-13-15-33(16-14-32)25(35)20-11-9-19(10-12-20)23-17-24(26(28,29)30)31-34(23)22-8-5-4-7-21(22)27/h4-5,7-12,17-18H,3,6,13-16H2,1-2H3. The van der Waals surface area contributed by atoms with Gasteiger partial charge in [-0.25, -0.2) is 4.68 Å². The Morgan fingerprint density at radius 2 is 1.71 bits per heavy atom. The molecule has 1 saturated heterocycles. The van der Waals surface area contributed by atoms with Crippen LogP contribution in [0, 0.1) is 0 Å². The van der Waals surface area contributed by atoms with Gasteiger partial charge in [-0.1, -0.05) is 49.2 Å². The molecule has 1 fully saturated rings. The first-order valence-corrected chi connectivity index (χ1v) is 12.1. The second-order valence-electron chi connectivity index (χ2n) is 8.82. The lowest BCUT2D eigenvalue weighted by molar-refractivity contribution is -0.141. The second-order valence-corrected chi connectivity index (χ2v) is 9.23. The van der Waals surface area contributed by atoms with E-state index in [0.29, 0.717) is 35.9 Å². The quantitative estimate of drug-likeness (QED) is 0.404. The second kappa shape index (κ2) is 10.4. The largest absolute Gasteiger partial charge is 0.435 e. The summed E-state index contributed by atoms with van der Waals surface area (Å²) in [7, 11) is 0. The van der Waals surface area contributed by atoms with E-state index >= 15 is 0 Å². The Bertz CT molecular complexity index is 1170. The van der Waals surface area contributed by atoms with Gasteiger partial charge in [-0.05, 0) is 43.7 Å². The van der Waals surface area contributed by atoms with Crippen molar-refractivity contribution < 1.29 is 18.0 Å². The molecule has 0 spiro atoms. The highest BCUT2D eigenvalue weighted by Crippen LogP contribution is 2.34. The third-order valence-electron chi connectivity index (χ3n) is 6.44. The van der Waals surface area contributed by atoms with Gasteiger partial charge in [0.2, 0.25) is 0 Å². The summed E-state index contributed by atoms with van der Waals surface area (Å²) in [4.78, 5) is 17.3. The van der Waals surface area contributed by atoms with Crippen LogP contribution in [0.1, 0.15) is 42.7 Å². The number of carbonyl (C=O) groups excluding carboxylic acids is 1. The number of amides is 1. The Labute approximate surface area is 208 Å². The number of nitrogens with zero attached hydrogens (tertiary/aromatic N) is 4. The number of hydrogen-bond donors (Lipinski definition) is 0. The van der Waals surface area contributed by atoms with Gasteiger partial charge in [0.05, 0.1) is 16.4 Å². The van der Waals surface area contributed by atoms with Gasteiger partial charge in [-0.2, -0.15) is 18.3 Å². The molecule has 9 heteroatoms. The van der Waals surface area contributed by atoms with Gasteiger partial charge < -0.3 is 4.90 Å². The Balaban J connectivity index is 1.56. The molecule has 1 aliphatic rings. The maximum atomic E-state index is 13.4. The molecule has 1 aliphatic heterocycles. The molecular weight excluding hydrogens is 477 g/mol. The number of para-hydroxylation sites is 1. The van der Waals surface area contributed by atoms with E-state index in [1.54, 1.807) is 48.5 Å². The highest BCUT2D eigenvalue weighted by atomic mass is 35.5. The summed E-state index contributed by atoms with van der Waals surface area (Å²) in [5.74, 6) is -0.0741. The monoisotopic (exact) mass is 504 g/mol. The summed E-state index contributed by atoms with van der Waals surface area (Å²) >= 11 is 6.25. The zero-order chi connectivity index (χ0) is 25.2. The molecule has 1 unspecified atom stereocenters. The molecule has 0 radical (unpaired) electrons. The van der Waals surface area contributed by atoms with Crippen molar-refractivity contribution >= 4 is 17.5 Å². The number of hydrogen-bond acceptors (Lipinski definition) is 3. The van der Waals surface area contributed by atoms with Crippen LogP contribution >= 0.6 is 11.6 Å². The Hall–Kier alpha value is -2.84. The minimum atomic E-state index is -4.60. The fraction of sp³-hybridized carbons (Fsp3) is 0.385. The first-order chi connectivity index (χ1) is 16.7. The molecule has 0 saturated carbocycles. The van der Waals surface area contributed by atoms with E-state index in [9.17, 15) is 18.0 Å². The van der Waals surface area contributed by atoms with Gasteiger partial charge >= 0.3 is 6.18 Å². The number of benzene rings is 2. The van der Waals surface area contributed by atoms with Gasteiger partial charge in [0.1, 0.15) is 0 Å². The number of aromatic nitrogens is 2. The van der Waals surface area contributed by atoms with Crippen molar-refractivity contribution in [2.75, 3.05) is 26.2 Å². The van der Waals surface area contributed by atoms with E-state index in [-0.39, 0.29) is 16.6 Å². The van der Waals surface area contributed by atoms with Crippen LogP contribution < -0.4 is 0 Å². The topological polar surface area (TPSA) is 41.4 Å². The average Bonchev–Trinajstić information content (AvgIpc) is 3.30. The highest BCUT2D eigenvalue weighted by Gasteiger charge is 2.35. The van der Waals surface area contributed by atoms with Crippen LogP contribution in [0.4, 0.5) is 13.2 Å². The van der Waals surface area contributed by atoms with E-state index < -0.39 is 11.9 Å². The molecular formula is C26H28ClF3N4O. The van der Waals surface area contributed by atoms with E-state index in [1.807, 2.05) is 4.90 Å². The lowest BCUT2D eigenvalue weighted by atomic mass is 10.1. The number of rotatable bonds is 6. The van der Waals surface area contributed by atoms with Crippen LogP contribution in [0.5, 0.6) is 0 Å². The van der Waals surface area contributed by atoms with Gasteiger partial charge in [0, 0.05) is 43.3 Å². The molecule has 35 heavy (non-hydrogen) atoms. The Morgan fingerprint density at radius 3 is 2.31 bits per heavy atom. The van der Waals surface area contributed by atoms with Crippen LogP contribution in [0.3, 0.4) is 0 Å². The van der Waals surface area contributed by atoms with Crippen LogP contribution in [0.25, 0.3) is 16.9 Å². The van der Waals surface area contributed by atoms with E-state index in [4.69, 9.17) is 11.6 Å². The zero-order valence-corrected chi connectivity index (χ0v) is 20.5. The van der Waals surface area contributed by atoms with Crippen LogP contribution in [-0.2, 0) is 6.18 Å². The maximum absolute atomic E-state index is 13.4. The summed E-state index contributed by atoms with van der Waals surface area (Å²) in [5.41, 5.74) is 0.576. The van der Waals surface area contributed by atoms with Gasteiger partial charge in [0.25, 0.3) is 5.91 Å². The average molecular weight is 505 g/mol. The van der Waals surface area contributed by atoms with Crippen molar-refractivity contribution in [2.45, 2.75) is 38.9 Å². The molecule has 5 nitrogen and oxygen atoms in total. The molecule has 2 aromatic carbocycles. The van der Waals surface area contributed by atoms with Crippen molar-refractivity contribution in [2.24, 2.45) is 0 Å². The van der Waals surface area contributed by atoms with Crippen molar-refractivity contribution in [3.05, 3.63) is 70.9 Å². The number of halogens is 4. The predicted octanol–water partition coefficient (Wildman–Crippen LogP) is 6.16. The molecule has 0 aliphatic carbocycles. The lowest BCUT2D eigenvalue weighted by Crippen LogP contribution is -2.51. The molecule has 1 atom stereocenters. The van der Waals surface area contributed by atoms with Crippen molar-refractivity contribution in [1.82, 2.24) is 19.6 Å². The fourth-order valence-electron chi connectivity index (χ4n) is 4.46. The summed E-state index contributed by atoms with van der Waals surface area (Å²) in [6.07, 6.45) is -2.34. The number of piperazine rings is 1. The molecule has 4 rings (SSSR count). The predicted molar refractivity (Wildman–Crippen MR) is 131 cm³/mol. The summed E-state index contributed by atoms with van der Waals surface area (Å²) in [6, 6.07) is 14.7. The van der Waals surface area contributed by atoms with E-state index in [1.165, 1.54) is 4.68 Å². The third-order valence-corrected chi connectivity index (χ3v) is 6.76. The lowest BCUT2D eigenvalue weighted by Gasteiger charge is -2.38. The van der Waals surface area contributed by atoms with Crippen LogP contribution in [-0.4, -0.2) is 57.7 Å². The number of carbonyl (C=O) groups is 1. The molecule has 186 valence electrons. The van der Waals surface area contributed by atoms with E-state index in [0.717, 1.165) is 32.0 Å². The van der Waals surface area contributed by atoms with Crippen LogP contribution in [0.2, 0.25) is 5.02 Å². The van der Waals surface area contributed by atoms with Gasteiger partial charge in [-0.3, -0.25) is 9.69 Å².